The van der Waals surface area contributed by atoms with E-state index < -0.39 is 0 Å². The van der Waals surface area contributed by atoms with Crippen molar-refractivity contribution >= 4 is 5.78 Å². The Morgan fingerprint density at radius 2 is 2.06 bits per heavy atom. The molecule has 0 amide bonds. The topological polar surface area (TPSA) is 26.3 Å². The van der Waals surface area contributed by atoms with Gasteiger partial charge in [-0.25, -0.2) is 0 Å². The Labute approximate surface area is 97.6 Å². The van der Waals surface area contributed by atoms with E-state index in [2.05, 4.69) is 6.92 Å². The lowest BCUT2D eigenvalue weighted by atomic mass is 10.1. The summed E-state index contributed by atoms with van der Waals surface area (Å²) >= 11 is 0. The molecule has 1 aromatic carbocycles. The van der Waals surface area contributed by atoms with Crippen LogP contribution in [0.25, 0.3) is 0 Å². The van der Waals surface area contributed by atoms with E-state index in [1.807, 2.05) is 25.1 Å². The van der Waals surface area contributed by atoms with E-state index in [9.17, 15) is 4.79 Å². The number of Topliss-reactive ketones (excluding diaryl/α,β-unsaturated/α-hetero) is 1. The van der Waals surface area contributed by atoms with Crippen molar-refractivity contribution in [2.75, 3.05) is 6.61 Å². The van der Waals surface area contributed by atoms with E-state index in [1.165, 1.54) is 12.8 Å². The molecule has 0 N–H and O–H groups in total. The average molecular weight is 220 g/mol. The van der Waals surface area contributed by atoms with Gasteiger partial charge in [-0.1, -0.05) is 19.8 Å². The van der Waals surface area contributed by atoms with Gasteiger partial charge < -0.3 is 4.74 Å². The second-order valence-corrected chi connectivity index (χ2v) is 4.09. The standard InChI is InChI=1S/C14H20O2/c1-4-5-6-9-16-14-8-7-13(12(3)15)10-11(14)2/h7-8,10H,4-6,9H2,1-3H3. The van der Waals surface area contributed by atoms with Gasteiger partial charge in [0.05, 0.1) is 6.61 Å². The van der Waals surface area contributed by atoms with Gasteiger partial charge in [0, 0.05) is 5.56 Å². The molecule has 88 valence electrons. The molecule has 0 aromatic heterocycles. The Bertz CT molecular complexity index is 356. The van der Waals surface area contributed by atoms with Crippen LogP contribution in [0, 0.1) is 6.92 Å². The maximum absolute atomic E-state index is 11.2. The Kier molecular flexibility index (Phi) is 5.03. The molecule has 0 unspecified atom stereocenters. The zero-order chi connectivity index (χ0) is 12.0. The number of rotatable bonds is 6. The van der Waals surface area contributed by atoms with Crippen LogP contribution in [-0.2, 0) is 0 Å². The minimum atomic E-state index is 0.0978. The number of benzene rings is 1. The largest absolute Gasteiger partial charge is 0.493 e. The highest BCUT2D eigenvalue weighted by atomic mass is 16.5. The van der Waals surface area contributed by atoms with Crippen LogP contribution in [0.2, 0.25) is 0 Å². The first kappa shape index (κ1) is 12.8. The third-order valence-corrected chi connectivity index (χ3v) is 2.59. The number of carbonyl (C=O) groups excluding carboxylic acids is 1. The van der Waals surface area contributed by atoms with Crippen LogP contribution >= 0.6 is 0 Å². The molecule has 0 aliphatic rings. The molecule has 0 aliphatic carbocycles. The summed E-state index contributed by atoms with van der Waals surface area (Å²) in [6.45, 7) is 6.49. The molecular weight excluding hydrogens is 200 g/mol. The summed E-state index contributed by atoms with van der Waals surface area (Å²) in [6, 6.07) is 5.60. The zero-order valence-electron chi connectivity index (χ0n) is 10.4. The molecule has 0 aliphatic heterocycles. The van der Waals surface area contributed by atoms with Crippen molar-refractivity contribution in [2.45, 2.75) is 40.0 Å². The van der Waals surface area contributed by atoms with Crippen LogP contribution in [0.15, 0.2) is 18.2 Å². The van der Waals surface area contributed by atoms with Crippen LogP contribution in [0.1, 0.15) is 49.0 Å². The Morgan fingerprint density at radius 3 is 2.62 bits per heavy atom. The Balaban J connectivity index is 2.57. The summed E-state index contributed by atoms with van der Waals surface area (Å²) in [5, 5.41) is 0. The van der Waals surface area contributed by atoms with Crippen molar-refractivity contribution in [3.05, 3.63) is 29.3 Å². The molecule has 0 spiro atoms. The summed E-state index contributed by atoms with van der Waals surface area (Å²) in [5.74, 6) is 0.988. The number of ketones is 1. The van der Waals surface area contributed by atoms with Crippen LogP contribution in [0.4, 0.5) is 0 Å². The van der Waals surface area contributed by atoms with E-state index in [4.69, 9.17) is 4.74 Å². The second kappa shape index (κ2) is 6.31. The van der Waals surface area contributed by atoms with Gasteiger partial charge in [0.2, 0.25) is 0 Å². The summed E-state index contributed by atoms with van der Waals surface area (Å²) in [6.07, 6.45) is 3.49. The first-order valence-electron chi connectivity index (χ1n) is 5.89. The predicted octanol–water partition coefficient (Wildman–Crippen LogP) is 3.77. The van der Waals surface area contributed by atoms with Crippen LogP contribution in [0.5, 0.6) is 5.75 Å². The minimum Gasteiger partial charge on any atom is -0.493 e. The molecule has 1 aromatic rings. The van der Waals surface area contributed by atoms with Gasteiger partial charge in [-0.05, 0) is 44.0 Å². The molecule has 1 rings (SSSR count). The molecule has 2 nitrogen and oxygen atoms in total. The fourth-order valence-corrected chi connectivity index (χ4v) is 1.56. The lowest BCUT2D eigenvalue weighted by Crippen LogP contribution is -2.00. The molecule has 0 heterocycles. The van der Waals surface area contributed by atoms with E-state index in [-0.39, 0.29) is 5.78 Å². The monoisotopic (exact) mass is 220 g/mol. The molecule has 0 atom stereocenters. The average Bonchev–Trinajstić information content (AvgIpc) is 2.26. The minimum absolute atomic E-state index is 0.0978. The van der Waals surface area contributed by atoms with Crippen molar-refractivity contribution in [1.82, 2.24) is 0 Å². The number of unbranched alkanes of at least 4 members (excludes halogenated alkanes) is 2. The predicted molar refractivity (Wildman–Crippen MR) is 66.2 cm³/mol. The van der Waals surface area contributed by atoms with Gasteiger partial charge in [0.1, 0.15) is 5.75 Å². The normalized spacial score (nSPS) is 10.2. The number of carbonyl (C=O) groups is 1. The van der Waals surface area contributed by atoms with Crippen LogP contribution in [0.3, 0.4) is 0 Å². The van der Waals surface area contributed by atoms with E-state index >= 15 is 0 Å². The lowest BCUT2D eigenvalue weighted by Gasteiger charge is -2.09. The highest BCUT2D eigenvalue weighted by molar-refractivity contribution is 5.94. The van der Waals surface area contributed by atoms with Crippen LogP contribution < -0.4 is 4.74 Å². The fraction of sp³-hybridized carbons (Fsp3) is 0.500. The Hall–Kier alpha value is -1.31. The van der Waals surface area contributed by atoms with E-state index in [0.29, 0.717) is 0 Å². The number of hydrogen-bond donors (Lipinski definition) is 0. The highest BCUT2D eigenvalue weighted by Crippen LogP contribution is 2.19. The Morgan fingerprint density at radius 1 is 1.31 bits per heavy atom. The molecule has 0 saturated heterocycles. The van der Waals surface area contributed by atoms with E-state index in [1.54, 1.807) is 6.92 Å². The molecule has 0 saturated carbocycles. The lowest BCUT2D eigenvalue weighted by molar-refractivity contribution is 0.101. The smallest absolute Gasteiger partial charge is 0.159 e. The van der Waals surface area contributed by atoms with Crippen molar-refractivity contribution in [2.24, 2.45) is 0 Å². The second-order valence-electron chi connectivity index (χ2n) is 4.09. The molecular formula is C14H20O2. The quantitative estimate of drug-likeness (QED) is 0.539. The summed E-state index contributed by atoms with van der Waals surface area (Å²) in [7, 11) is 0. The number of hydrogen-bond acceptors (Lipinski definition) is 2. The molecule has 0 fully saturated rings. The fourth-order valence-electron chi connectivity index (χ4n) is 1.56. The number of ether oxygens (including phenoxy) is 1. The van der Waals surface area contributed by atoms with Crippen molar-refractivity contribution in [3.63, 3.8) is 0 Å². The summed E-state index contributed by atoms with van der Waals surface area (Å²) < 4.78 is 5.66. The molecule has 16 heavy (non-hydrogen) atoms. The van der Waals surface area contributed by atoms with Gasteiger partial charge in [-0.15, -0.1) is 0 Å². The van der Waals surface area contributed by atoms with Crippen molar-refractivity contribution < 1.29 is 9.53 Å². The van der Waals surface area contributed by atoms with Gasteiger partial charge in [0.25, 0.3) is 0 Å². The molecule has 2 heteroatoms. The SMILES string of the molecule is CCCCCOc1ccc(C(C)=O)cc1C. The van der Waals surface area contributed by atoms with Gasteiger partial charge in [-0.2, -0.15) is 0 Å². The first-order chi connectivity index (χ1) is 7.65. The molecule has 0 bridgehead atoms. The highest BCUT2D eigenvalue weighted by Gasteiger charge is 2.03. The summed E-state index contributed by atoms with van der Waals surface area (Å²) in [4.78, 5) is 11.2. The van der Waals surface area contributed by atoms with Gasteiger partial charge in [0.15, 0.2) is 5.78 Å². The van der Waals surface area contributed by atoms with Crippen molar-refractivity contribution in [1.29, 1.82) is 0 Å². The third kappa shape index (κ3) is 3.69. The van der Waals surface area contributed by atoms with Gasteiger partial charge >= 0.3 is 0 Å². The maximum Gasteiger partial charge on any atom is 0.159 e. The summed E-state index contributed by atoms with van der Waals surface area (Å²) in [5.41, 5.74) is 1.78. The zero-order valence-corrected chi connectivity index (χ0v) is 10.4. The van der Waals surface area contributed by atoms with Crippen molar-refractivity contribution in [3.8, 4) is 5.75 Å². The van der Waals surface area contributed by atoms with Crippen LogP contribution in [-0.4, -0.2) is 12.4 Å². The first-order valence-corrected chi connectivity index (χ1v) is 5.89. The third-order valence-electron chi connectivity index (χ3n) is 2.59. The number of aryl methyl sites for hydroxylation is 1. The van der Waals surface area contributed by atoms with E-state index in [0.717, 1.165) is 29.9 Å². The molecule has 0 radical (unpaired) electrons. The van der Waals surface area contributed by atoms with Gasteiger partial charge in [-0.3, -0.25) is 4.79 Å². The maximum atomic E-state index is 11.2.